The zero-order valence-electron chi connectivity index (χ0n) is 10.9. The van der Waals surface area contributed by atoms with E-state index in [1.807, 2.05) is 6.92 Å². The second-order valence-electron chi connectivity index (χ2n) is 5.09. The summed E-state index contributed by atoms with van der Waals surface area (Å²) in [6, 6.07) is 0. The third-order valence-electron chi connectivity index (χ3n) is 3.13. The first-order chi connectivity index (χ1) is 7.40. The lowest BCUT2D eigenvalue weighted by Gasteiger charge is -2.25. The van der Waals surface area contributed by atoms with E-state index < -0.39 is 17.7 Å². The van der Waals surface area contributed by atoms with Crippen molar-refractivity contribution in [1.82, 2.24) is 0 Å². The first kappa shape index (κ1) is 16.2. The van der Waals surface area contributed by atoms with Crippen molar-refractivity contribution in [1.29, 1.82) is 0 Å². The minimum absolute atomic E-state index is 0.109. The van der Waals surface area contributed by atoms with Crippen LogP contribution in [0.1, 0.15) is 53.4 Å². The molecule has 0 spiro atoms. The average molecular weight is 253 g/mol. The number of hydrogen-bond donors (Lipinski definition) is 1. The smallest absolute Gasteiger partial charge is 0.142 e. The van der Waals surface area contributed by atoms with Crippen LogP contribution in [-0.2, 0) is 0 Å². The normalized spacial score (nSPS) is 21.2. The molecule has 98 valence electrons. The quantitative estimate of drug-likeness (QED) is 0.643. The Balaban J connectivity index is 3.98. The Morgan fingerprint density at radius 1 is 1.25 bits per heavy atom. The van der Waals surface area contributed by atoms with E-state index in [0.717, 1.165) is 6.42 Å². The zero-order valence-corrected chi connectivity index (χ0v) is 11.7. The van der Waals surface area contributed by atoms with Gasteiger partial charge in [0, 0.05) is 0 Å². The van der Waals surface area contributed by atoms with E-state index in [2.05, 4.69) is 13.8 Å². The predicted octanol–water partition coefficient (Wildman–Crippen LogP) is 4.17. The number of aliphatic hydroxyl groups excluding tert-OH is 1. The van der Waals surface area contributed by atoms with Crippen molar-refractivity contribution >= 4 is 11.6 Å². The molecule has 0 aliphatic rings. The Bertz CT molecular complexity index is 175. The molecule has 0 radical (unpaired) electrons. The van der Waals surface area contributed by atoms with Crippen molar-refractivity contribution in [3.05, 3.63) is 0 Å². The van der Waals surface area contributed by atoms with E-state index in [9.17, 15) is 4.39 Å². The molecule has 1 nitrogen and oxygen atoms in total. The van der Waals surface area contributed by atoms with Crippen molar-refractivity contribution in [2.24, 2.45) is 11.8 Å². The van der Waals surface area contributed by atoms with Crippen molar-refractivity contribution in [2.75, 3.05) is 0 Å². The van der Waals surface area contributed by atoms with Crippen LogP contribution in [0, 0.1) is 11.8 Å². The molecule has 0 aromatic carbocycles. The first-order valence-electron chi connectivity index (χ1n) is 6.36. The van der Waals surface area contributed by atoms with Crippen LogP contribution in [0.5, 0.6) is 0 Å². The third kappa shape index (κ3) is 6.05. The Hall–Kier alpha value is 0.180. The summed E-state index contributed by atoms with van der Waals surface area (Å²) in [5, 5.41) is 8.58. The lowest BCUT2D eigenvalue weighted by atomic mass is 9.89. The number of rotatable bonds is 8. The summed E-state index contributed by atoms with van der Waals surface area (Å²) < 4.78 is 13.5. The van der Waals surface area contributed by atoms with E-state index in [-0.39, 0.29) is 5.92 Å². The predicted molar refractivity (Wildman–Crippen MR) is 68.7 cm³/mol. The molecule has 1 N–H and O–H groups in total. The summed E-state index contributed by atoms with van der Waals surface area (Å²) in [4.78, 5) is 0. The lowest BCUT2D eigenvalue weighted by Crippen LogP contribution is -2.33. The van der Waals surface area contributed by atoms with E-state index in [4.69, 9.17) is 16.7 Å². The highest BCUT2D eigenvalue weighted by molar-refractivity contribution is 6.21. The summed E-state index contributed by atoms with van der Waals surface area (Å²) in [5.74, 6) is 0.690. The molecule has 0 saturated heterocycles. The SMILES string of the molecule is CCCCC(C)CC(C)C(Cl)C(F)C(C)O. The highest BCUT2D eigenvalue weighted by Gasteiger charge is 2.28. The molecule has 0 aliphatic carbocycles. The van der Waals surface area contributed by atoms with E-state index >= 15 is 0 Å². The van der Waals surface area contributed by atoms with Gasteiger partial charge in [-0.2, -0.15) is 0 Å². The number of aliphatic hydroxyl groups is 1. The molecule has 0 fully saturated rings. The van der Waals surface area contributed by atoms with Crippen LogP contribution in [0.25, 0.3) is 0 Å². The van der Waals surface area contributed by atoms with Gasteiger partial charge in [0.25, 0.3) is 0 Å². The summed E-state index contributed by atoms with van der Waals surface area (Å²) in [6.45, 7) is 7.78. The van der Waals surface area contributed by atoms with Crippen molar-refractivity contribution in [3.63, 3.8) is 0 Å². The number of unbranched alkanes of at least 4 members (excludes halogenated alkanes) is 1. The van der Waals surface area contributed by atoms with Gasteiger partial charge in [0.2, 0.25) is 0 Å². The highest BCUT2D eigenvalue weighted by Crippen LogP contribution is 2.27. The topological polar surface area (TPSA) is 20.2 Å². The Kier molecular flexibility index (Phi) is 8.39. The van der Waals surface area contributed by atoms with Crippen LogP contribution in [-0.4, -0.2) is 22.8 Å². The van der Waals surface area contributed by atoms with Gasteiger partial charge in [-0.1, -0.05) is 40.0 Å². The number of alkyl halides is 2. The zero-order chi connectivity index (χ0) is 12.7. The van der Waals surface area contributed by atoms with Gasteiger partial charge >= 0.3 is 0 Å². The minimum atomic E-state index is -1.32. The van der Waals surface area contributed by atoms with Crippen LogP contribution < -0.4 is 0 Å². The molecule has 0 aromatic rings. The minimum Gasteiger partial charge on any atom is -0.390 e. The maximum Gasteiger partial charge on any atom is 0.142 e. The third-order valence-corrected chi connectivity index (χ3v) is 3.80. The van der Waals surface area contributed by atoms with Crippen LogP contribution >= 0.6 is 11.6 Å². The summed E-state index contributed by atoms with van der Waals surface area (Å²) in [5.41, 5.74) is 0. The van der Waals surface area contributed by atoms with Crippen LogP contribution in [0.4, 0.5) is 4.39 Å². The summed E-state index contributed by atoms with van der Waals surface area (Å²) in [6.07, 6.45) is 2.22. The van der Waals surface area contributed by atoms with Gasteiger partial charge in [0.05, 0.1) is 11.5 Å². The van der Waals surface area contributed by atoms with Crippen LogP contribution in [0.2, 0.25) is 0 Å². The number of halogens is 2. The van der Waals surface area contributed by atoms with E-state index in [1.165, 1.54) is 26.2 Å². The van der Waals surface area contributed by atoms with Gasteiger partial charge in [-0.15, -0.1) is 11.6 Å². The Labute approximate surface area is 104 Å². The molecule has 0 aromatic heterocycles. The Morgan fingerprint density at radius 3 is 2.25 bits per heavy atom. The van der Waals surface area contributed by atoms with E-state index in [1.54, 1.807) is 0 Å². The molecule has 0 aliphatic heterocycles. The van der Waals surface area contributed by atoms with Gasteiger partial charge in [-0.3, -0.25) is 0 Å². The Morgan fingerprint density at radius 2 is 1.81 bits per heavy atom. The van der Waals surface area contributed by atoms with Gasteiger partial charge in [0.1, 0.15) is 6.17 Å². The molecule has 5 unspecified atom stereocenters. The average Bonchev–Trinajstić information content (AvgIpc) is 2.23. The molecule has 16 heavy (non-hydrogen) atoms. The molecule has 3 heteroatoms. The van der Waals surface area contributed by atoms with Crippen LogP contribution in [0.15, 0.2) is 0 Å². The second-order valence-corrected chi connectivity index (χ2v) is 5.59. The van der Waals surface area contributed by atoms with Gasteiger partial charge < -0.3 is 5.11 Å². The summed E-state index contributed by atoms with van der Waals surface area (Å²) in [7, 11) is 0. The van der Waals surface area contributed by atoms with Gasteiger partial charge in [0.15, 0.2) is 0 Å². The molecular formula is C13H26ClFO. The second kappa shape index (κ2) is 8.30. The van der Waals surface area contributed by atoms with Crippen molar-refractivity contribution in [3.8, 4) is 0 Å². The fourth-order valence-corrected chi connectivity index (χ4v) is 2.33. The molecule has 5 atom stereocenters. The van der Waals surface area contributed by atoms with E-state index in [0.29, 0.717) is 5.92 Å². The monoisotopic (exact) mass is 252 g/mol. The molecule has 0 amide bonds. The maximum atomic E-state index is 13.5. The maximum absolute atomic E-state index is 13.5. The molecule has 0 rings (SSSR count). The number of hydrogen-bond acceptors (Lipinski definition) is 1. The van der Waals surface area contributed by atoms with Crippen LogP contribution in [0.3, 0.4) is 0 Å². The standard InChI is InChI=1S/C13H26ClFO/c1-5-6-7-9(2)8-10(3)12(14)13(15)11(4)16/h9-13,16H,5-8H2,1-4H3. The lowest BCUT2D eigenvalue weighted by molar-refractivity contribution is 0.0784. The molecular weight excluding hydrogens is 227 g/mol. The fraction of sp³-hybridized carbons (Fsp3) is 1.00. The van der Waals surface area contributed by atoms with Gasteiger partial charge in [-0.25, -0.2) is 4.39 Å². The molecule has 0 saturated carbocycles. The molecule has 0 bridgehead atoms. The van der Waals surface area contributed by atoms with Gasteiger partial charge in [-0.05, 0) is 25.2 Å². The largest absolute Gasteiger partial charge is 0.390 e. The van der Waals surface area contributed by atoms with Crippen molar-refractivity contribution < 1.29 is 9.50 Å². The molecule has 0 heterocycles. The highest BCUT2D eigenvalue weighted by atomic mass is 35.5. The fourth-order valence-electron chi connectivity index (χ4n) is 2.02. The summed E-state index contributed by atoms with van der Waals surface area (Å²) >= 11 is 6.02. The first-order valence-corrected chi connectivity index (χ1v) is 6.79. The van der Waals surface area contributed by atoms with Crippen molar-refractivity contribution in [2.45, 2.75) is 71.0 Å².